The highest BCUT2D eigenvalue weighted by Crippen LogP contribution is 2.15. The summed E-state index contributed by atoms with van der Waals surface area (Å²) in [7, 11) is 0. The molecule has 2 atom stereocenters. The maximum Gasteiger partial charge on any atom is 0.136 e. The number of carbonyl (C=O) groups excluding carboxylic acids is 1. The highest BCUT2D eigenvalue weighted by Gasteiger charge is 2.29. The molecule has 19 heavy (non-hydrogen) atoms. The zero-order valence-corrected chi connectivity index (χ0v) is 12.8. The number of aromatic nitrogens is 1. The second kappa shape index (κ2) is 7.03. The van der Waals surface area contributed by atoms with Crippen LogP contribution in [0.15, 0.2) is 24.4 Å². The Balaban J connectivity index is 2.70. The lowest BCUT2D eigenvalue weighted by atomic mass is 10.1. The molecule has 1 N–H and O–H groups in total. The normalized spacial score (nSPS) is 15.0. The summed E-state index contributed by atoms with van der Waals surface area (Å²) < 4.78 is 14.8. The van der Waals surface area contributed by atoms with Crippen LogP contribution in [0.1, 0.15) is 39.8 Å². The van der Waals surface area contributed by atoms with E-state index in [2.05, 4.69) is 9.71 Å². The maximum atomic E-state index is 12.1. The van der Waals surface area contributed by atoms with Gasteiger partial charge in [-0.15, -0.1) is 4.72 Å². The van der Waals surface area contributed by atoms with Gasteiger partial charge in [-0.2, -0.15) is 0 Å². The van der Waals surface area contributed by atoms with E-state index in [1.165, 1.54) is 0 Å². The Hall–Kier alpha value is -0.910. The van der Waals surface area contributed by atoms with Crippen LogP contribution >= 0.6 is 0 Å². The van der Waals surface area contributed by atoms with Crippen molar-refractivity contribution >= 4 is 17.1 Å². The molecule has 0 bridgehead atoms. The van der Waals surface area contributed by atoms with Crippen molar-refractivity contribution in [3.05, 3.63) is 30.1 Å². The van der Waals surface area contributed by atoms with Gasteiger partial charge in [-0.05, 0) is 39.8 Å². The highest BCUT2D eigenvalue weighted by atomic mass is 32.2. The van der Waals surface area contributed by atoms with Crippen LogP contribution in [0.2, 0.25) is 0 Å². The van der Waals surface area contributed by atoms with Crippen LogP contribution in [0.5, 0.6) is 0 Å². The Bertz CT molecular complexity index is 404. The maximum absolute atomic E-state index is 12.1. The van der Waals surface area contributed by atoms with Gasteiger partial charge in [0.05, 0.1) is 6.04 Å². The summed E-state index contributed by atoms with van der Waals surface area (Å²) in [4.78, 5) is 15.6. The first-order valence-electron chi connectivity index (χ1n) is 6.36. The van der Waals surface area contributed by atoms with E-state index in [1.807, 2.05) is 39.0 Å². The number of Topliss-reactive ketones (excluding diaryl/α,β-unsaturated/α-hetero) is 1. The van der Waals surface area contributed by atoms with E-state index in [-0.39, 0.29) is 16.6 Å². The van der Waals surface area contributed by atoms with E-state index in [9.17, 15) is 9.35 Å². The first kappa shape index (κ1) is 16.1. The highest BCUT2D eigenvalue weighted by molar-refractivity contribution is 7.90. The minimum atomic E-state index is -1.19. The van der Waals surface area contributed by atoms with Crippen molar-refractivity contribution in [3.63, 3.8) is 0 Å². The van der Waals surface area contributed by atoms with E-state index >= 15 is 0 Å². The Morgan fingerprint density at radius 2 is 2.16 bits per heavy atom. The van der Waals surface area contributed by atoms with Crippen LogP contribution in [0.3, 0.4) is 0 Å². The standard InChI is InChI=1S/C14H22N2O2S/c1-11(17)9-13(16-19(18)14(2,3)4)10-12-7-5-6-8-15-12/h5-8,13,16H,9-10H2,1-4H3/t13?,19-/m1/s1. The number of ketones is 1. The number of rotatable bonds is 6. The zero-order chi connectivity index (χ0) is 14.5. The van der Waals surface area contributed by atoms with Crippen molar-refractivity contribution in [2.75, 3.05) is 0 Å². The zero-order valence-electron chi connectivity index (χ0n) is 12.0. The molecule has 5 heteroatoms. The number of hydrogen-bond donors (Lipinski definition) is 1. The lowest BCUT2D eigenvalue weighted by Crippen LogP contribution is -2.46. The van der Waals surface area contributed by atoms with Gasteiger partial charge in [0, 0.05) is 36.1 Å². The van der Waals surface area contributed by atoms with E-state index in [0.29, 0.717) is 12.8 Å². The van der Waals surface area contributed by atoms with E-state index < -0.39 is 11.4 Å². The fourth-order valence-corrected chi connectivity index (χ4v) is 2.42. The van der Waals surface area contributed by atoms with Gasteiger partial charge in [0.25, 0.3) is 0 Å². The molecule has 1 aromatic rings. The van der Waals surface area contributed by atoms with E-state index in [0.717, 1.165) is 5.69 Å². The van der Waals surface area contributed by atoms with Gasteiger partial charge in [-0.25, -0.2) is 0 Å². The molecule has 0 fully saturated rings. The van der Waals surface area contributed by atoms with Crippen molar-refractivity contribution in [2.45, 2.75) is 51.3 Å². The molecule has 0 spiro atoms. The lowest BCUT2D eigenvalue weighted by Gasteiger charge is -2.27. The average Bonchev–Trinajstić information content (AvgIpc) is 2.28. The molecule has 0 aliphatic heterocycles. The molecule has 0 saturated heterocycles. The summed E-state index contributed by atoms with van der Waals surface area (Å²) in [6.45, 7) is 7.26. The Morgan fingerprint density at radius 3 is 2.63 bits per heavy atom. The van der Waals surface area contributed by atoms with E-state index in [1.54, 1.807) is 13.1 Å². The van der Waals surface area contributed by atoms with Crippen LogP contribution in [-0.2, 0) is 22.6 Å². The average molecular weight is 282 g/mol. The first-order chi connectivity index (χ1) is 8.79. The van der Waals surface area contributed by atoms with Gasteiger partial charge >= 0.3 is 0 Å². The van der Waals surface area contributed by atoms with Crippen LogP contribution in [0.25, 0.3) is 0 Å². The number of nitrogens with zero attached hydrogens (tertiary/aromatic N) is 1. The molecular formula is C14H22N2O2S. The molecular weight excluding hydrogens is 260 g/mol. The van der Waals surface area contributed by atoms with Crippen molar-refractivity contribution in [3.8, 4) is 0 Å². The number of pyridine rings is 1. The molecule has 1 unspecified atom stereocenters. The summed E-state index contributed by atoms with van der Waals surface area (Å²) in [5, 5.41) is 0. The lowest BCUT2D eigenvalue weighted by molar-refractivity contribution is -0.117. The molecule has 4 nitrogen and oxygen atoms in total. The summed E-state index contributed by atoms with van der Waals surface area (Å²) >= 11 is -1.19. The van der Waals surface area contributed by atoms with Crippen molar-refractivity contribution in [1.29, 1.82) is 0 Å². The fourth-order valence-electron chi connectivity index (χ4n) is 1.60. The van der Waals surface area contributed by atoms with Crippen LogP contribution < -0.4 is 4.72 Å². The van der Waals surface area contributed by atoms with Gasteiger partial charge in [0.15, 0.2) is 0 Å². The summed E-state index contributed by atoms with van der Waals surface area (Å²) in [5.41, 5.74) is 0.896. The SMILES string of the molecule is CC(=O)CC(Cc1ccccn1)N[S@+]([O-])C(C)(C)C. The molecule has 0 amide bonds. The fraction of sp³-hybridized carbons (Fsp3) is 0.571. The molecule has 0 aliphatic carbocycles. The van der Waals surface area contributed by atoms with Crippen molar-refractivity contribution < 1.29 is 9.35 Å². The Kier molecular flexibility index (Phi) is 5.97. The summed E-state index contributed by atoms with van der Waals surface area (Å²) in [5.74, 6) is 0.0827. The van der Waals surface area contributed by atoms with Crippen LogP contribution in [0, 0.1) is 0 Å². The minimum Gasteiger partial charge on any atom is -0.598 e. The third kappa shape index (κ3) is 6.18. The summed E-state index contributed by atoms with van der Waals surface area (Å²) in [6, 6.07) is 5.53. The molecule has 0 saturated carbocycles. The van der Waals surface area contributed by atoms with Crippen molar-refractivity contribution in [1.82, 2.24) is 9.71 Å². The van der Waals surface area contributed by atoms with Crippen molar-refractivity contribution in [2.24, 2.45) is 0 Å². The van der Waals surface area contributed by atoms with Gasteiger partial charge in [0.2, 0.25) is 0 Å². The minimum absolute atomic E-state index is 0.0827. The number of nitrogens with one attached hydrogen (secondary N) is 1. The molecule has 1 rings (SSSR count). The topological polar surface area (TPSA) is 65.0 Å². The van der Waals surface area contributed by atoms with Gasteiger partial charge in [-0.3, -0.25) is 9.78 Å². The predicted molar refractivity (Wildman–Crippen MR) is 78.1 cm³/mol. The second-order valence-corrected chi connectivity index (χ2v) is 7.63. The van der Waals surface area contributed by atoms with Gasteiger partial charge in [-0.1, -0.05) is 6.07 Å². The Labute approximate surface area is 118 Å². The monoisotopic (exact) mass is 282 g/mol. The van der Waals surface area contributed by atoms with Gasteiger partial charge in [0.1, 0.15) is 10.5 Å². The van der Waals surface area contributed by atoms with Crippen LogP contribution in [-0.4, -0.2) is 26.1 Å². The largest absolute Gasteiger partial charge is 0.598 e. The van der Waals surface area contributed by atoms with E-state index in [4.69, 9.17) is 0 Å². The molecule has 1 aromatic heterocycles. The quantitative estimate of drug-likeness (QED) is 0.811. The first-order valence-corrected chi connectivity index (χ1v) is 7.51. The smallest absolute Gasteiger partial charge is 0.136 e. The Morgan fingerprint density at radius 1 is 1.47 bits per heavy atom. The molecule has 0 aromatic carbocycles. The molecule has 106 valence electrons. The summed E-state index contributed by atoms with van der Waals surface area (Å²) in [6.07, 6.45) is 2.68. The molecule has 1 heterocycles. The predicted octanol–water partition coefficient (Wildman–Crippen LogP) is 2.02. The van der Waals surface area contributed by atoms with Gasteiger partial charge < -0.3 is 4.55 Å². The van der Waals surface area contributed by atoms with Crippen LogP contribution in [0.4, 0.5) is 0 Å². The number of hydrogen-bond acceptors (Lipinski definition) is 4. The third-order valence-electron chi connectivity index (χ3n) is 2.55. The second-order valence-electron chi connectivity index (χ2n) is 5.63. The third-order valence-corrected chi connectivity index (χ3v) is 4.21. The number of carbonyl (C=O) groups is 1. The molecule has 0 aliphatic rings. The molecule has 0 radical (unpaired) electrons.